The third kappa shape index (κ3) is 4.44. The Morgan fingerprint density at radius 1 is 1.33 bits per heavy atom. The van der Waals surface area contributed by atoms with Crippen LogP contribution in [0, 0.1) is 0 Å². The van der Waals surface area contributed by atoms with E-state index in [1.807, 2.05) is 0 Å². The van der Waals surface area contributed by atoms with Crippen molar-refractivity contribution in [3.8, 4) is 11.5 Å². The maximum Gasteiger partial charge on any atom is 0.401 e. The molecule has 0 unspecified atom stereocenters. The molecular weight excluding hydrogens is 247 g/mol. The van der Waals surface area contributed by atoms with Gasteiger partial charge in [-0.1, -0.05) is 6.92 Å². The van der Waals surface area contributed by atoms with E-state index in [1.165, 1.54) is 24.1 Å². The van der Waals surface area contributed by atoms with Gasteiger partial charge < -0.3 is 9.84 Å². The van der Waals surface area contributed by atoms with Crippen molar-refractivity contribution in [1.82, 2.24) is 4.90 Å². The Bertz CT molecular complexity index is 393. The third-order valence-corrected chi connectivity index (χ3v) is 2.53. The number of rotatable bonds is 5. The summed E-state index contributed by atoms with van der Waals surface area (Å²) in [5.41, 5.74) is 0.417. The summed E-state index contributed by atoms with van der Waals surface area (Å²) in [6.45, 7) is 0.915. The lowest BCUT2D eigenvalue weighted by molar-refractivity contribution is -0.146. The predicted molar refractivity (Wildman–Crippen MR) is 61.7 cm³/mol. The number of ether oxygens (including phenoxy) is 1. The molecule has 1 N–H and O–H groups in total. The lowest BCUT2D eigenvalue weighted by Crippen LogP contribution is -2.33. The zero-order valence-corrected chi connectivity index (χ0v) is 10.3. The average Bonchev–Trinajstić information content (AvgIpc) is 2.29. The third-order valence-electron chi connectivity index (χ3n) is 2.53. The topological polar surface area (TPSA) is 32.7 Å². The van der Waals surface area contributed by atoms with Crippen LogP contribution in [-0.4, -0.2) is 36.4 Å². The quantitative estimate of drug-likeness (QED) is 0.886. The van der Waals surface area contributed by atoms with Crippen molar-refractivity contribution in [2.24, 2.45) is 0 Å². The fourth-order valence-electron chi connectivity index (χ4n) is 1.59. The van der Waals surface area contributed by atoms with Gasteiger partial charge in [0.2, 0.25) is 0 Å². The zero-order valence-electron chi connectivity index (χ0n) is 10.3. The summed E-state index contributed by atoms with van der Waals surface area (Å²) in [5, 5.41) is 9.61. The molecule has 0 atom stereocenters. The first-order valence-corrected chi connectivity index (χ1v) is 5.50. The van der Waals surface area contributed by atoms with Gasteiger partial charge in [-0.05, 0) is 24.7 Å². The smallest absolute Gasteiger partial charge is 0.401 e. The second-order valence-corrected chi connectivity index (χ2v) is 3.91. The number of hydrogen-bond acceptors (Lipinski definition) is 3. The molecule has 0 saturated carbocycles. The number of phenols is 1. The monoisotopic (exact) mass is 263 g/mol. The number of phenolic OH excluding ortho intramolecular Hbond substituents is 1. The van der Waals surface area contributed by atoms with Gasteiger partial charge in [0.05, 0.1) is 13.7 Å². The summed E-state index contributed by atoms with van der Waals surface area (Å²) >= 11 is 0. The molecule has 0 radical (unpaired) electrons. The summed E-state index contributed by atoms with van der Waals surface area (Å²) in [5.74, 6) is 0.474. The van der Waals surface area contributed by atoms with E-state index >= 15 is 0 Å². The minimum Gasteiger partial charge on any atom is -0.508 e. The van der Waals surface area contributed by atoms with Gasteiger partial charge in [-0.3, -0.25) is 4.90 Å². The minimum atomic E-state index is -4.25. The molecule has 1 aromatic rings. The number of alkyl halides is 3. The van der Waals surface area contributed by atoms with Crippen LogP contribution in [0.3, 0.4) is 0 Å². The van der Waals surface area contributed by atoms with Crippen LogP contribution in [0.5, 0.6) is 11.5 Å². The summed E-state index contributed by atoms with van der Waals surface area (Å²) < 4.78 is 41.9. The standard InChI is InChI=1S/C12H16F3NO2/c1-3-16(8-12(13,14)15)7-9-6-10(18-2)4-5-11(9)17/h4-6,17H,3,7-8H2,1-2H3. The highest BCUT2D eigenvalue weighted by Crippen LogP contribution is 2.25. The van der Waals surface area contributed by atoms with Crippen molar-refractivity contribution in [3.63, 3.8) is 0 Å². The van der Waals surface area contributed by atoms with Gasteiger partial charge in [0, 0.05) is 12.1 Å². The van der Waals surface area contributed by atoms with Gasteiger partial charge in [-0.25, -0.2) is 0 Å². The van der Waals surface area contributed by atoms with Crippen LogP contribution < -0.4 is 4.74 Å². The molecule has 1 aromatic carbocycles. The van der Waals surface area contributed by atoms with Crippen LogP contribution >= 0.6 is 0 Å². The molecule has 3 nitrogen and oxygen atoms in total. The highest BCUT2D eigenvalue weighted by molar-refractivity contribution is 5.39. The number of methoxy groups -OCH3 is 1. The van der Waals surface area contributed by atoms with Crippen LogP contribution in [-0.2, 0) is 6.54 Å². The summed E-state index contributed by atoms with van der Waals surface area (Å²) in [6.07, 6.45) is -4.25. The molecule has 0 aliphatic rings. The number of aromatic hydroxyl groups is 1. The van der Waals surface area contributed by atoms with Gasteiger partial charge in [0.15, 0.2) is 0 Å². The maximum absolute atomic E-state index is 12.3. The zero-order chi connectivity index (χ0) is 13.8. The highest BCUT2D eigenvalue weighted by atomic mass is 19.4. The molecule has 102 valence electrons. The Morgan fingerprint density at radius 2 is 2.00 bits per heavy atom. The molecule has 0 fully saturated rings. The predicted octanol–water partition coefficient (Wildman–Crippen LogP) is 2.79. The summed E-state index contributed by atoms with van der Waals surface area (Å²) in [7, 11) is 1.46. The molecule has 18 heavy (non-hydrogen) atoms. The first kappa shape index (κ1) is 14.6. The second kappa shape index (κ2) is 5.95. The molecule has 0 heterocycles. The second-order valence-electron chi connectivity index (χ2n) is 3.91. The minimum absolute atomic E-state index is 0.0268. The van der Waals surface area contributed by atoms with Crippen LogP contribution in [0.15, 0.2) is 18.2 Å². The SMILES string of the molecule is CCN(Cc1cc(OC)ccc1O)CC(F)(F)F. The molecule has 6 heteroatoms. The van der Waals surface area contributed by atoms with Crippen molar-refractivity contribution in [2.75, 3.05) is 20.2 Å². The first-order chi connectivity index (χ1) is 8.35. The van der Waals surface area contributed by atoms with Crippen molar-refractivity contribution < 1.29 is 23.0 Å². The van der Waals surface area contributed by atoms with Crippen LogP contribution in [0.2, 0.25) is 0 Å². The van der Waals surface area contributed by atoms with Gasteiger partial charge in [-0.2, -0.15) is 13.2 Å². The van der Waals surface area contributed by atoms with Gasteiger partial charge >= 0.3 is 6.18 Å². The Labute approximate surface area is 104 Å². The van der Waals surface area contributed by atoms with E-state index in [-0.39, 0.29) is 18.8 Å². The van der Waals surface area contributed by atoms with E-state index in [2.05, 4.69) is 0 Å². The molecule has 0 saturated heterocycles. The Balaban J connectivity index is 2.81. The van der Waals surface area contributed by atoms with E-state index in [0.29, 0.717) is 11.3 Å². The molecule has 0 aliphatic heterocycles. The fourth-order valence-corrected chi connectivity index (χ4v) is 1.59. The molecule has 0 bridgehead atoms. The Kier molecular flexibility index (Phi) is 4.84. The van der Waals surface area contributed by atoms with Gasteiger partial charge in [0.25, 0.3) is 0 Å². The fraction of sp³-hybridized carbons (Fsp3) is 0.500. The lowest BCUT2D eigenvalue weighted by atomic mass is 10.1. The number of hydrogen-bond donors (Lipinski definition) is 1. The van der Waals surface area contributed by atoms with Crippen LogP contribution in [0.4, 0.5) is 13.2 Å². The Hall–Kier alpha value is -1.43. The van der Waals surface area contributed by atoms with E-state index in [1.54, 1.807) is 13.0 Å². The summed E-state index contributed by atoms with van der Waals surface area (Å²) in [4.78, 5) is 1.20. The van der Waals surface area contributed by atoms with Gasteiger partial charge in [-0.15, -0.1) is 0 Å². The van der Waals surface area contributed by atoms with Crippen LogP contribution in [0.25, 0.3) is 0 Å². The molecule has 0 spiro atoms. The Morgan fingerprint density at radius 3 is 2.50 bits per heavy atom. The number of nitrogens with zero attached hydrogens (tertiary/aromatic N) is 1. The first-order valence-electron chi connectivity index (χ1n) is 5.50. The van der Waals surface area contributed by atoms with Crippen molar-refractivity contribution in [3.05, 3.63) is 23.8 Å². The lowest BCUT2D eigenvalue weighted by Gasteiger charge is -2.22. The molecule has 0 amide bonds. The maximum atomic E-state index is 12.3. The van der Waals surface area contributed by atoms with Gasteiger partial charge in [0.1, 0.15) is 11.5 Å². The van der Waals surface area contributed by atoms with E-state index in [0.717, 1.165) is 0 Å². The highest BCUT2D eigenvalue weighted by Gasteiger charge is 2.30. The summed E-state index contributed by atoms with van der Waals surface area (Å²) in [6, 6.07) is 4.50. The largest absolute Gasteiger partial charge is 0.508 e. The molecular formula is C12H16F3NO2. The molecule has 1 rings (SSSR count). The van der Waals surface area contributed by atoms with Crippen LogP contribution in [0.1, 0.15) is 12.5 Å². The number of halogens is 3. The normalized spacial score (nSPS) is 11.9. The van der Waals surface area contributed by atoms with E-state index < -0.39 is 12.7 Å². The molecule has 0 aromatic heterocycles. The number of benzene rings is 1. The molecule has 0 aliphatic carbocycles. The van der Waals surface area contributed by atoms with Crippen molar-refractivity contribution >= 4 is 0 Å². The van der Waals surface area contributed by atoms with Crippen molar-refractivity contribution in [2.45, 2.75) is 19.6 Å². The van der Waals surface area contributed by atoms with E-state index in [4.69, 9.17) is 4.74 Å². The average molecular weight is 263 g/mol. The van der Waals surface area contributed by atoms with E-state index in [9.17, 15) is 18.3 Å². The van der Waals surface area contributed by atoms with Crippen molar-refractivity contribution in [1.29, 1.82) is 0 Å².